The van der Waals surface area contributed by atoms with Gasteiger partial charge in [0.05, 0.1) is 17.1 Å². The van der Waals surface area contributed by atoms with Gasteiger partial charge in [0.15, 0.2) is 12.2 Å². The van der Waals surface area contributed by atoms with Gasteiger partial charge in [0.2, 0.25) is 6.29 Å². The van der Waals surface area contributed by atoms with Crippen molar-refractivity contribution in [2.75, 3.05) is 7.11 Å². The number of ether oxygens (including phenoxy) is 4. The Kier molecular flexibility index (Phi) is 6.15. The molecular formula is C24H27NO9. The van der Waals surface area contributed by atoms with Crippen LogP contribution in [0.2, 0.25) is 0 Å². The fourth-order valence-corrected chi connectivity index (χ4v) is 4.20. The van der Waals surface area contributed by atoms with Crippen molar-refractivity contribution in [2.45, 2.75) is 57.9 Å². The number of rotatable bonds is 5. The number of aromatic hydroxyl groups is 1. The highest BCUT2D eigenvalue weighted by atomic mass is 16.7. The zero-order chi connectivity index (χ0) is 24.8. The fraction of sp³-hybridized carbons (Fsp3) is 0.417. The lowest BCUT2D eigenvalue weighted by atomic mass is 9.89. The number of carbonyl (C=O) groups excluding carboxylic acids is 1. The van der Waals surface area contributed by atoms with Crippen LogP contribution in [0, 0.1) is 13.8 Å². The van der Waals surface area contributed by atoms with Crippen molar-refractivity contribution in [1.29, 1.82) is 0 Å². The van der Waals surface area contributed by atoms with E-state index >= 15 is 0 Å². The topological polar surface area (TPSA) is 140 Å². The normalized spacial score (nSPS) is 24.2. The molecule has 0 radical (unpaired) electrons. The Morgan fingerprint density at radius 1 is 1.18 bits per heavy atom. The van der Waals surface area contributed by atoms with Crippen molar-refractivity contribution >= 4 is 16.9 Å². The number of hydrogen-bond acceptors (Lipinski definition) is 9. The van der Waals surface area contributed by atoms with Crippen molar-refractivity contribution in [2.24, 2.45) is 0 Å². The van der Waals surface area contributed by atoms with Crippen LogP contribution in [-0.4, -0.2) is 58.5 Å². The number of aliphatic hydroxyl groups is 1. The molecule has 1 saturated heterocycles. The van der Waals surface area contributed by atoms with Gasteiger partial charge in [-0.3, -0.25) is 0 Å². The number of aliphatic hydroxyl groups excluding tert-OH is 1. The van der Waals surface area contributed by atoms with Gasteiger partial charge >= 0.3 is 11.6 Å². The Labute approximate surface area is 195 Å². The Hall–Kier alpha value is -3.34. The van der Waals surface area contributed by atoms with Crippen molar-refractivity contribution in [1.82, 2.24) is 4.98 Å². The monoisotopic (exact) mass is 473 g/mol. The molecule has 10 heteroatoms. The highest BCUT2D eigenvalue weighted by Crippen LogP contribution is 2.37. The lowest BCUT2D eigenvalue weighted by Crippen LogP contribution is -2.65. The minimum Gasteiger partial charge on any atom is -0.507 e. The fourth-order valence-electron chi connectivity index (χ4n) is 4.20. The van der Waals surface area contributed by atoms with E-state index in [1.165, 1.54) is 13.2 Å². The van der Waals surface area contributed by atoms with E-state index in [0.29, 0.717) is 10.9 Å². The van der Waals surface area contributed by atoms with Crippen LogP contribution < -0.4 is 10.4 Å². The third-order valence-electron chi connectivity index (χ3n) is 5.90. The molecule has 2 aromatic heterocycles. The van der Waals surface area contributed by atoms with E-state index in [1.54, 1.807) is 45.9 Å². The Balaban J connectivity index is 1.65. The first-order valence-corrected chi connectivity index (χ1v) is 10.7. The molecule has 0 spiro atoms. The van der Waals surface area contributed by atoms with Gasteiger partial charge in [-0.2, -0.15) is 0 Å². The van der Waals surface area contributed by atoms with Crippen LogP contribution in [0.1, 0.15) is 35.6 Å². The molecule has 0 saturated carbocycles. The molecule has 3 aromatic rings. The summed E-state index contributed by atoms with van der Waals surface area (Å²) in [6.07, 6.45) is -4.57. The van der Waals surface area contributed by atoms with E-state index in [4.69, 9.17) is 23.4 Å². The van der Waals surface area contributed by atoms with Crippen LogP contribution in [-0.2, 0) is 14.2 Å². The number of aromatic amines is 1. The molecule has 3 heterocycles. The number of aromatic nitrogens is 1. The van der Waals surface area contributed by atoms with Gasteiger partial charge in [-0.25, -0.2) is 9.59 Å². The summed E-state index contributed by atoms with van der Waals surface area (Å²) < 4.78 is 28.4. The van der Waals surface area contributed by atoms with Gasteiger partial charge in [0.1, 0.15) is 28.9 Å². The van der Waals surface area contributed by atoms with Crippen molar-refractivity contribution in [3.05, 3.63) is 57.7 Å². The third kappa shape index (κ3) is 4.27. The van der Waals surface area contributed by atoms with Crippen LogP contribution in [0.3, 0.4) is 0 Å². The van der Waals surface area contributed by atoms with Crippen LogP contribution in [0.5, 0.6) is 11.5 Å². The van der Waals surface area contributed by atoms with Crippen molar-refractivity contribution < 1.29 is 38.4 Å². The van der Waals surface area contributed by atoms with Crippen LogP contribution in [0.15, 0.2) is 39.5 Å². The first kappa shape index (κ1) is 23.8. The Morgan fingerprint density at radius 3 is 2.56 bits per heavy atom. The van der Waals surface area contributed by atoms with E-state index in [0.717, 1.165) is 11.8 Å². The van der Waals surface area contributed by atoms with Crippen molar-refractivity contribution in [3.8, 4) is 11.5 Å². The quantitative estimate of drug-likeness (QED) is 0.377. The summed E-state index contributed by atoms with van der Waals surface area (Å²) in [4.78, 5) is 27.3. The standard InChI is InChI=1S/C24H27NO9/c1-11-6-8-14(25-11)22(29)33-20-18(28)23(34-24(3,4)21(20)30-5)31-16-9-7-13-15(26)10-17(27)32-19(13)12(16)2/h6-10,18,20-21,23,25-26,28H,1-5H3/t18-,20+,21-,23-/m1/s1. The number of carbonyl (C=O) groups is 1. The molecule has 0 unspecified atom stereocenters. The predicted molar refractivity (Wildman–Crippen MR) is 120 cm³/mol. The minimum atomic E-state index is -1.41. The van der Waals surface area contributed by atoms with Crippen LogP contribution >= 0.6 is 0 Å². The maximum Gasteiger partial charge on any atom is 0.355 e. The number of benzene rings is 1. The Morgan fingerprint density at radius 2 is 1.91 bits per heavy atom. The summed E-state index contributed by atoms with van der Waals surface area (Å²) in [7, 11) is 1.44. The smallest absolute Gasteiger partial charge is 0.355 e. The largest absolute Gasteiger partial charge is 0.507 e. The SMILES string of the molecule is CO[C@@H]1[C@@H](OC(=O)c2ccc(C)[nH]2)[C@@H](O)[C@H](Oc2ccc3c(O)cc(=O)oc3c2C)OC1(C)C. The number of nitrogens with one attached hydrogen (secondary N) is 1. The number of esters is 1. The molecule has 10 nitrogen and oxygen atoms in total. The first-order valence-electron chi connectivity index (χ1n) is 10.7. The zero-order valence-electron chi connectivity index (χ0n) is 19.4. The third-order valence-corrected chi connectivity index (χ3v) is 5.90. The highest BCUT2D eigenvalue weighted by molar-refractivity contribution is 5.88. The van der Waals surface area contributed by atoms with Gasteiger partial charge in [-0.1, -0.05) is 0 Å². The average Bonchev–Trinajstić information content (AvgIpc) is 3.20. The van der Waals surface area contributed by atoms with Gasteiger partial charge in [0, 0.05) is 18.4 Å². The van der Waals surface area contributed by atoms with E-state index in [1.807, 2.05) is 0 Å². The average molecular weight is 473 g/mol. The molecule has 4 rings (SSSR count). The first-order chi connectivity index (χ1) is 16.0. The van der Waals surface area contributed by atoms with Gasteiger partial charge < -0.3 is 38.6 Å². The lowest BCUT2D eigenvalue weighted by molar-refractivity contribution is -0.305. The second-order valence-corrected chi connectivity index (χ2v) is 8.80. The van der Waals surface area contributed by atoms with Crippen LogP contribution in [0.25, 0.3) is 11.0 Å². The summed E-state index contributed by atoms with van der Waals surface area (Å²) in [5, 5.41) is 21.5. The maximum atomic E-state index is 12.7. The second kappa shape index (κ2) is 8.79. The van der Waals surface area contributed by atoms with Gasteiger partial charge in [0.25, 0.3) is 0 Å². The summed E-state index contributed by atoms with van der Waals surface area (Å²) in [6.45, 7) is 6.91. The number of aryl methyl sites for hydroxylation is 2. The Bertz CT molecular complexity index is 1280. The summed E-state index contributed by atoms with van der Waals surface area (Å²) >= 11 is 0. The molecule has 3 N–H and O–H groups in total. The van der Waals surface area contributed by atoms with Gasteiger partial charge in [-0.05, 0) is 52.0 Å². The minimum absolute atomic E-state index is 0.145. The van der Waals surface area contributed by atoms with E-state index in [9.17, 15) is 19.8 Å². The molecule has 4 atom stereocenters. The number of H-pyrrole nitrogens is 1. The summed E-state index contributed by atoms with van der Waals surface area (Å²) in [5.74, 6) is -0.623. The molecule has 182 valence electrons. The lowest BCUT2D eigenvalue weighted by Gasteiger charge is -2.47. The zero-order valence-corrected chi connectivity index (χ0v) is 19.4. The molecule has 0 amide bonds. The molecule has 1 aliphatic heterocycles. The molecule has 1 fully saturated rings. The molecule has 0 aliphatic carbocycles. The molecule has 1 aromatic carbocycles. The molecule has 34 heavy (non-hydrogen) atoms. The van der Waals surface area contributed by atoms with Crippen LogP contribution in [0.4, 0.5) is 0 Å². The summed E-state index contributed by atoms with van der Waals surface area (Å²) in [5.41, 5.74) is -0.134. The second-order valence-electron chi connectivity index (χ2n) is 8.80. The number of fused-ring (bicyclic) bond motifs is 1. The van der Waals surface area contributed by atoms with E-state index in [2.05, 4.69) is 4.98 Å². The molecule has 1 aliphatic rings. The van der Waals surface area contributed by atoms with E-state index in [-0.39, 0.29) is 22.8 Å². The summed E-state index contributed by atoms with van der Waals surface area (Å²) in [6, 6.07) is 7.39. The maximum absolute atomic E-state index is 12.7. The number of hydrogen-bond donors (Lipinski definition) is 3. The van der Waals surface area contributed by atoms with E-state index < -0.39 is 41.8 Å². The van der Waals surface area contributed by atoms with Crippen molar-refractivity contribution in [3.63, 3.8) is 0 Å². The molecular weight excluding hydrogens is 446 g/mol. The predicted octanol–water partition coefficient (Wildman–Crippen LogP) is 2.56. The van der Waals surface area contributed by atoms with Gasteiger partial charge in [-0.15, -0.1) is 0 Å². The molecule has 0 bridgehead atoms. The number of methoxy groups -OCH3 is 1. The highest BCUT2D eigenvalue weighted by Gasteiger charge is 2.53.